The number of aryl methyl sites for hydroxylation is 2. The molecule has 0 aliphatic rings. The van der Waals surface area contributed by atoms with Crippen LogP contribution in [0.1, 0.15) is 30.3 Å². The highest BCUT2D eigenvalue weighted by atomic mass is 19.1. The molecule has 5 heteroatoms. The molecule has 0 fully saturated rings. The number of halogens is 1. The molecule has 1 aromatic heterocycles. The Hall–Kier alpha value is -2.17. The number of aromatic nitrogens is 2. The van der Waals surface area contributed by atoms with E-state index in [-0.39, 0.29) is 11.7 Å². The summed E-state index contributed by atoms with van der Waals surface area (Å²) in [6, 6.07) is 6.02. The molecule has 0 bridgehead atoms. The van der Waals surface area contributed by atoms with Gasteiger partial charge in [-0.2, -0.15) is 5.10 Å². The lowest BCUT2D eigenvalue weighted by Crippen LogP contribution is -2.30. The molecule has 0 N–H and O–H groups in total. The van der Waals surface area contributed by atoms with Gasteiger partial charge in [0.05, 0.1) is 5.69 Å². The Morgan fingerprint density at radius 2 is 1.91 bits per heavy atom. The maximum atomic E-state index is 13.0. The van der Waals surface area contributed by atoms with Gasteiger partial charge in [0.1, 0.15) is 5.82 Å². The van der Waals surface area contributed by atoms with E-state index in [1.165, 1.54) is 12.1 Å². The van der Waals surface area contributed by atoms with Crippen LogP contribution >= 0.6 is 0 Å². The molecule has 0 saturated heterocycles. The second-order valence-electron chi connectivity index (χ2n) is 5.39. The van der Waals surface area contributed by atoms with Gasteiger partial charge in [0.25, 0.3) is 0 Å². The van der Waals surface area contributed by atoms with Gasteiger partial charge in [-0.05, 0) is 57.0 Å². The maximum Gasteiger partial charge on any atom is 0.227 e. The van der Waals surface area contributed by atoms with E-state index in [9.17, 15) is 9.18 Å². The van der Waals surface area contributed by atoms with Crippen LogP contribution in [-0.4, -0.2) is 22.2 Å². The minimum absolute atomic E-state index is 0.0387. The fourth-order valence-corrected chi connectivity index (χ4v) is 2.67. The van der Waals surface area contributed by atoms with Crippen molar-refractivity contribution in [3.05, 3.63) is 47.0 Å². The minimum Gasteiger partial charge on any atom is -0.313 e. The van der Waals surface area contributed by atoms with Gasteiger partial charge in [-0.25, -0.2) is 4.39 Å². The monoisotopic (exact) mass is 303 g/mol. The van der Waals surface area contributed by atoms with E-state index >= 15 is 0 Å². The quantitative estimate of drug-likeness (QED) is 0.851. The number of benzene rings is 1. The Morgan fingerprint density at radius 1 is 1.27 bits per heavy atom. The highest BCUT2D eigenvalue weighted by Crippen LogP contribution is 2.18. The van der Waals surface area contributed by atoms with Crippen LogP contribution in [0.3, 0.4) is 0 Å². The lowest BCUT2D eigenvalue weighted by molar-refractivity contribution is -0.118. The van der Waals surface area contributed by atoms with Crippen molar-refractivity contribution in [3.63, 3.8) is 0 Å². The second kappa shape index (κ2) is 6.73. The molecule has 0 aliphatic heterocycles. The van der Waals surface area contributed by atoms with Gasteiger partial charge in [-0.1, -0.05) is 0 Å². The average Bonchev–Trinajstić information content (AvgIpc) is 2.73. The number of hydrogen-bond acceptors (Lipinski definition) is 2. The Kier molecular flexibility index (Phi) is 4.96. The second-order valence-corrected chi connectivity index (χ2v) is 5.39. The predicted octanol–water partition coefficient (Wildman–Crippen LogP) is 3.16. The van der Waals surface area contributed by atoms with Crippen molar-refractivity contribution in [2.24, 2.45) is 7.05 Å². The summed E-state index contributed by atoms with van der Waals surface area (Å²) in [5.74, 6) is -0.259. The molecular weight excluding hydrogens is 281 g/mol. The SMILES string of the molecule is CCN(C(=O)CCc1c(C)nn(C)c1C)c1ccc(F)cc1. The topological polar surface area (TPSA) is 38.1 Å². The third-order valence-electron chi connectivity index (χ3n) is 4.00. The molecule has 118 valence electrons. The van der Waals surface area contributed by atoms with Gasteiger partial charge in [0.15, 0.2) is 0 Å². The van der Waals surface area contributed by atoms with E-state index < -0.39 is 0 Å². The van der Waals surface area contributed by atoms with Crippen LogP contribution in [0.2, 0.25) is 0 Å². The third kappa shape index (κ3) is 3.35. The van der Waals surface area contributed by atoms with Crippen molar-refractivity contribution in [3.8, 4) is 0 Å². The van der Waals surface area contributed by atoms with Gasteiger partial charge in [-0.15, -0.1) is 0 Å². The molecule has 1 aromatic carbocycles. The summed E-state index contributed by atoms with van der Waals surface area (Å²) in [4.78, 5) is 14.1. The molecule has 0 radical (unpaired) electrons. The lowest BCUT2D eigenvalue weighted by atomic mass is 10.1. The maximum absolute atomic E-state index is 13.0. The van der Waals surface area contributed by atoms with Crippen molar-refractivity contribution in [2.75, 3.05) is 11.4 Å². The Balaban J connectivity index is 2.08. The van der Waals surface area contributed by atoms with E-state index in [0.717, 1.165) is 22.6 Å². The molecule has 0 unspecified atom stereocenters. The summed E-state index contributed by atoms with van der Waals surface area (Å²) in [6.07, 6.45) is 1.08. The first-order chi connectivity index (χ1) is 10.4. The van der Waals surface area contributed by atoms with Crippen LogP contribution in [0.5, 0.6) is 0 Å². The summed E-state index contributed by atoms with van der Waals surface area (Å²) < 4.78 is 14.8. The van der Waals surface area contributed by atoms with E-state index in [4.69, 9.17) is 0 Å². The summed E-state index contributed by atoms with van der Waals surface area (Å²) in [5, 5.41) is 4.37. The van der Waals surface area contributed by atoms with Crippen molar-refractivity contribution in [1.29, 1.82) is 0 Å². The minimum atomic E-state index is -0.297. The number of anilines is 1. The molecule has 1 amide bonds. The molecule has 22 heavy (non-hydrogen) atoms. The van der Waals surface area contributed by atoms with Gasteiger partial charge >= 0.3 is 0 Å². The predicted molar refractivity (Wildman–Crippen MR) is 85.4 cm³/mol. The van der Waals surface area contributed by atoms with Crippen LogP contribution in [0.25, 0.3) is 0 Å². The van der Waals surface area contributed by atoms with Crippen LogP contribution in [-0.2, 0) is 18.3 Å². The van der Waals surface area contributed by atoms with Crippen molar-refractivity contribution < 1.29 is 9.18 Å². The number of carbonyl (C=O) groups is 1. The first-order valence-corrected chi connectivity index (χ1v) is 7.49. The zero-order chi connectivity index (χ0) is 16.3. The largest absolute Gasteiger partial charge is 0.313 e. The Bertz CT molecular complexity index is 661. The number of carbonyl (C=O) groups excluding carboxylic acids is 1. The Labute approximate surface area is 130 Å². The third-order valence-corrected chi connectivity index (χ3v) is 4.00. The molecular formula is C17H22FN3O. The van der Waals surface area contributed by atoms with Crippen LogP contribution < -0.4 is 4.90 Å². The fourth-order valence-electron chi connectivity index (χ4n) is 2.67. The highest BCUT2D eigenvalue weighted by molar-refractivity contribution is 5.93. The molecule has 2 aromatic rings. The average molecular weight is 303 g/mol. The highest BCUT2D eigenvalue weighted by Gasteiger charge is 2.16. The standard InChI is InChI=1S/C17H22FN3O/c1-5-21(15-8-6-14(18)7-9-15)17(22)11-10-16-12(2)19-20(4)13(16)3/h6-9H,5,10-11H2,1-4H3. The summed E-state index contributed by atoms with van der Waals surface area (Å²) >= 11 is 0. The number of hydrogen-bond donors (Lipinski definition) is 0. The first-order valence-electron chi connectivity index (χ1n) is 7.49. The van der Waals surface area contributed by atoms with Gasteiger partial charge < -0.3 is 4.90 Å². The summed E-state index contributed by atoms with van der Waals surface area (Å²) in [6.45, 7) is 6.46. The zero-order valence-electron chi connectivity index (χ0n) is 13.6. The van der Waals surface area contributed by atoms with Gasteiger partial charge in [0, 0.05) is 31.4 Å². The summed E-state index contributed by atoms with van der Waals surface area (Å²) in [5.41, 5.74) is 3.92. The number of amides is 1. The summed E-state index contributed by atoms with van der Waals surface area (Å²) in [7, 11) is 1.91. The van der Waals surface area contributed by atoms with E-state index in [1.807, 2.05) is 32.5 Å². The van der Waals surface area contributed by atoms with Crippen LogP contribution in [0, 0.1) is 19.7 Å². The first kappa shape index (κ1) is 16.2. The molecule has 1 heterocycles. The van der Waals surface area contributed by atoms with Crippen LogP contribution in [0.15, 0.2) is 24.3 Å². The zero-order valence-corrected chi connectivity index (χ0v) is 13.6. The van der Waals surface area contributed by atoms with E-state index in [1.54, 1.807) is 17.0 Å². The molecule has 0 saturated carbocycles. The fraction of sp³-hybridized carbons (Fsp3) is 0.412. The van der Waals surface area contributed by atoms with E-state index in [2.05, 4.69) is 5.10 Å². The lowest BCUT2D eigenvalue weighted by Gasteiger charge is -2.21. The Morgan fingerprint density at radius 3 is 2.41 bits per heavy atom. The molecule has 2 rings (SSSR count). The van der Waals surface area contributed by atoms with Gasteiger partial charge in [-0.3, -0.25) is 9.48 Å². The van der Waals surface area contributed by atoms with Crippen molar-refractivity contribution in [1.82, 2.24) is 9.78 Å². The van der Waals surface area contributed by atoms with Crippen molar-refractivity contribution >= 4 is 11.6 Å². The molecule has 0 atom stereocenters. The van der Waals surface area contributed by atoms with Crippen LogP contribution in [0.4, 0.5) is 10.1 Å². The smallest absolute Gasteiger partial charge is 0.227 e. The molecule has 0 spiro atoms. The van der Waals surface area contributed by atoms with Crippen molar-refractivity contribution in [2.45, 2.75) is 33.6 Å². The number of rotatable bonds is 5. The molecule has 0 aliphatic carbocycles. The van der Waals surface area contributed by atoms with Gasteiger partial charge in [0.2, 0.25) is 5.91 Å². The molecule has 4 nitrogen and oxygen atoms in total. The van der Waals surface area contributed by atoms with E-state index in [0.29, 0.717) is 19.4 Å². The normalized spacial score (nSPS) is 10.8. The number of nitrogens with zero attached hydrogens (tertiary/aromatic N) is 3.